The number of piperazine rings is 1. The van der Waals surface area contributed by atoms with Crippen LogP contribution in [0.25, 0.3) is 0 Å². The van der Waals surface area contributed by atoms with Gasteiger partial charge in [0.2, 0.25) is 5.91 Å². The molecule has 0 saturated carbocycles. The summed E-state index contributed by atoms with van der Waals surface area (Å²) in [4.78, 5) is 13.8. The van der Waals surface area contributed by atoms with Gasteiger partial charge in [0, 0.05) is 31.6 Å². The molecule has 1 N–H and O–H groups in total. The lowest BCUT2D eigenvalue weighted by molar-refractivity contribution is -0.137. The van der Waals surface area contributed by atoms with Gasteiger partial charge in [-0.3, -0.25) is 4.79 Å². The Balaban J connectivity index is 2.53. The van der Waals surface area contributed by atoms with E-state index < -0.39 is 0 Å². The molecule has 1 aliphatic rings. The average molecular weight is 184 g/mol. The Labute approximate surface area is 80.5 Å². The van der Waals surface area contributed by atoms with Gasteiger partial charge in [-0.05, 0) is 13.3 Å². The molecule has 1 rings (SSSR count). The summed E-state index contributed by atoms with van der Waals surface area (Å²) in [5, 5.41) is 3.28. The van der Waals surface area contributed by atoms with Crippen molar-refractivity contribution in [1.82, 2.24) is 10.2 Å². The molecule has 3 nitrogen and oxygen atoms in total. The summed E-state index contributed by atoms with van der Waals surface area (Å²) in [6, 6.07) is 0.357. The molecule has 0 aromatic carbocycles. The van der Waals surface area contributed by atoms with Gasteiger partial charge in [0.25, 0.3) is 0 Å². The molecular formula is C10H20N2O. The topological polar surface area (TPSA) is 32.3 Å². The van der Waals surface area contributed by atoms with Gasteiger partial charge in [0.15, 0.2) is 0 Å². The van der Waals surface area contributed by atoms with E-state index in [4.69, 9.17) is 0 Å². The predicted molar refractivity (Wildman–Crippen MR) is 53.5 cm³/mol. The van der Waals surface area contributed by atoms with Crippen LogP contribution in [0.5, 0.6) is 0 Å². The first-order valence-electron chi connectivity index (χ1n) is 5.18. The van der Waals surface area contributed by atoms with Crippen molar-refractivity contribution in [3.8, 4) is 0 Å². The molecule has 0 radical (unpaired) electrons. The molecule has 1 fully saturated rings. The second-order valence-corrected chi connectivity index (χ2v) is 3.89. The number of amides is 1. The third kappa shape index (κ3) is 2.44. The second-order valence-electron chi connectivity index (χ2n) is 3.89. The van der Waals surface area contributed by atoms with E-state index in [1.807, 2.05) is 11.8 Å². The summed E-state index contributed by atoms with van der Waals surface area (Å²) < 4.78 is 0. The van der Waals surface area contributed by atoms with E-state index in [-0.39, 0.29) is 5.92 Å². The largest absolute Gasteiger partial charge is 0.337 e. The van der Waals surface area contributed by atoms with Crippen LogP contribution in [0, 0.1) is 5.92 Å². The third-order valence-electron chi connectivity index (χ3n) is 2.82. The van der Waals surface area contributed by atoms with Crippen LogP contribution in [-0.4, -0.2) is 36.5 Å². The minimum atomic E-state index is 0.181. The zero-order chi connectivity index (χ0) is 9.84. The highest BCUT2D eigenvalue weighted by molar-refractivity contribution is 5.78. The van der Waals surface area contributed by atoms with Crippen LogP contribution >= 0.6 is 0 Å². The Kier molecular flexibility index (Phi) is 3.72. The summed E-state index contributed by atoms with van der Waals surface area (Å²) in [5.41, 5.74) is 0. The molecule has 0 aliphatic carbocycles. The van der Waals surface area contributed by atoms with Gasteiger partial charge in [-0.2, -0.15) is 0 Å². The van der Waals surface area contributed by atoms with Crippen molar-refractivity contribution in [2.45, 2.75) is 33.2 Å². The molecule has 1 aliphatic heterocycles. The summed E-state index contributed by atoms with van der Waals surface area (Å²) in [7, 11) is 0. The minimum Gasteiger partial charge on any atom is -0.337 e. The normalized spacial score (nSPS) is 25.8. The number of nitrogens with one attached hydrogen (secondary N) is 1. The number of carbonyl (C=O) groups excluding carboxylic acids is 1. The lowest BCUT2D eigenvalue weighted by Crippen LogP contribution is -2.53. The Hall–Kier alpha value is -0.570. The Bertz CT molecular complexity index is 182. The SMILES string of the molecule is CCC(C)C(=O)N1CCNC[C@H]1C. The van der Waals surface area contributed by atoms with Crippen molar-refractivity contribution < 1.29 is 4.79 Å². The number of hydrogen-bond acceptors (Lipinski definition) is 2. The van der Waals surface area contributed by atoms with Crippen molar-refractivity contribution in [3.63, 3.8) is 0 Å². The van der Waals surface area contributed by atoms with Gasteiger partial charge in [0.1, 0.15) is 0 Å². The second kappa shape index (κ2) is 4.61. The number of rotatable bonds is 2. The Morgan fingerprint density at radius 3 is 2.92 bits per heavy atom. The molecule has 2 atom stereocenters. The monoisotopic (exact) mass is 184 g/mol. The predicted octanol–water partition coefficient (Wildman–Crippen LogP) is 0.853. The van der Waals surface area contributed by atoms with Crippen LogP contribution in [0.2, 0.25) is 0 Å². The zero-order valence-electron chi connectivity index (χ0n) is 8.84. The standard InChI is InChI=1S/C10H20N2O/c1-4-8(2)10(13)12-6-5-11-7-9(12)3/h8-9,11H,4-7H2,1-3H3/t8?,9-/m1/s1. The molecule has 1 saturated heterocycles. The highest BCUT2D eigenvalue weighted by Gasteiger charge is 2.25. The first-order chi connectivity index (χ1) is 6.16. The van der Waals surface area contributed by atoms with Gasteiger partial charge in [-0.25, -0.2) is 0 Å². The van der Waals surface area contributed by atoms with Crippen molar-refractivity contribution in [1.29, 1.82) is 0 Å². The van der Waals surface area contributed by atoms with Crippen LogP contribution in [0.4, 0.5) is 0 Å². The summed E-state index contributed by atoms with van der Waals surface area (Å²) >= 11 is 0. The van der Waals surface area contributed by atoms with E-state index in [1.165, 1.54) is 0 Å². The van der Waals surface area contributed by atoms with Crippen molar-refractivity contribution >= 4 is 5.91 Å². The fraction of sp³-hybridized carbons (Fsp3) is 0.900. The number of carbonyl (C=O) groups is 1. The molecule has 0 aromatic rings. The first kappa shape index (κ1) is 10.5. The Morgan fingerprint density at radius 2 is 2.38 bits per heavy atom. The summed E-state index contributed by atoms with van der Waals surface area (Å²) in [6.45, 7) is 8.91. The summed E-state index contributed by atoms with van der Waals surface area (Å²) in [6.07, 6.45) is 0.940. The molecule has 1 heterocycles. The van der Waals surface area contributed by atoms with Crippen LogP contribution in [0.3, 0.4) is 0 Å². The van der Waals surface area contributed by atoms with Crippen LogP contribution in [-0.2, 0) is 4.79 Å². The third-order valence-corrected chi connectivity index (χ3v) is 2.82. The van der Waals surface area contributed by atoms with E-state index in [0.717, 1.165) is 26.1 Å². The molecule has 0 spiro atoms. The highest BCUT2D eigenvalue weighted by atomic mass is 16.2. The van der Waals surface area contributed by atoms with E-state index in [9.17, 15) is 4.79 Å². The first-order valence-corrected chi connectivity index (χ1v) is 5.18. The number of hydrogen-bond donors (Lipinski definition) is 1. The molecule has 1 unspecified atom stereocenters. The average Bonchev–Trinajstić information content (AvgIpc) is 2.16. The van der Waals surface area contributed by atoms with Crippen LogP contribution in [0.1, 0.15) is 27.2 Å². The zero-order valence-corrected chi connectivity index (χ0v) is 8.84. The molecule has 3 heteroatoms. The Morgan fingerprint density at radius 1 is 1.69 bits per heavy atom. The smallest absolute Gasteiger partial charge is 0.225 e. The molecule has 0 bridgehead atoms. The van der Waals surface area contributed by atoms with E-state index >= 15 is 0 Å². The van der Waals surface area contributed by atoms with Crippen molar-refractivity contribution in [3.05, 3.63) is 0 Å². The van der Waals surface area contributed by atoms with Crippen molar-refractivity contribution in [2.24, 2.45) is 5.92 Å². The van der Waals surface area contributed by atoms with Crippen LogP contribution < -0.4 is 5.32 Å². The van der Waals surface area contributed by atoms with E-state index in [0.29, 0.717) is 11.9 Å². The molecule has 13 heavy (non-hydrogen) atoms. The fourth-order valence-electron chi connectivity index (χ4n) is 1.63. The lowest BCUT2D eigenvalue weighted by Gasteiger charge is -2.35. The lowest BCUT2D eigenvalue weighted by atomic mass is 10.1. The van der Waals surface area contributed by atoms with Gasteiger partial charge in [-0.1, -0.05) is 13.8 Å². The highest BCUT2D eigenvalue weighted by Crippen LogP contribution is 2.11. The fourth-order valence-corrected chi connectivity index (χ4v) is 1.63. The van der Waals surface area contributed by atoms with E-state index in [2.05, 4.69) is 19.2 Å². The maximum absolute atomic E-state index is 11.8. The quantitative estimate of drug-likeness (QED) is 0.690. The maximum Gasteiger partial charge on any atom is 0.225 e. The molecular weight excluding hydrogens is 164 g/mol. The molecule has 0 aromatic heterocycles. The number of nitrogens with zero attached hydrogens (tertiary/aromatic N) is 1. The van der Waals surface area contributed by atoms with Gasteiger partial charge >= 0.3 is 0 Å². The molecule has 76 valence electrons. The van der Waals surface area contributed by atoms with E-state index in [1.54, 1.807) is 0 Å². The maximum atomic E-state index is 11.8. The van der Waals surface area contributed by atoms with Gasteiger partial charge < -0.3 is 10.2 Å². The van der Waals surface area contributed by atoms with Gasteiger partial charge in [0.05, 0.1) is 0 Å². The van der Waals surface area contributed by atoms with Gasteiger partial charge in [-0.15, -0.1) is 0 Å². The minimum absolute atomic E-state index is 0.181. The van der Waals surface area contributed by atoms with Crippen LogP contribution in [0.15, 0.2) is 0 Å². The van der Waals surface area contributed by atoms with Crippen molar-refractivity contribution in [2.75, 3.05) is 19.6 Å². The molecule has 1 amide bonds. The summed E-state index contributed by atoms with van der Waals surface area (Å²) in [5.74, 6) is 0.497.